The van der Waals surface area contributed by atoms with E-state index in [0.29, 0.717) is 17.0 Å². The molecule has 6 nitrogen and oxygen atoms in total. The van der Waals surface area contributed by atoms with Gasteiger partial charge in [0.2, 0.25) is 0 Å². The fourth-order valence-electron chi connectivity index (χ4n) is 2.71. The number of benzene rings is 2. The molecule has 1 heterocycles. The molecule has 27 heavy (non-hydrogen) atoms. The van der Waals surface area contributed by atoms with Crippen LogP contribution in [0.2, 0.25) is 0 Å². The Morgan fingerprint density at radius 3 is 2.52 bits per heavy atom. The van der Waals surface area contributed by atoms with E-state index in [2.05, 4.69) is 15.8 Å². The van der Waals surface area contributed by atoms with Gasteiger partial charge < -0.3 is 4.74 Å². The van der Waals surface area contributed by atoms with Crippen LogP contribution >= 0.6 is 0 Å². The van der Waals surface area contributed by atoms with Crippen molar-refractivity contribution >= 4 is 22.7 Å². The average molecular weight is 363 g/mol. The Bertz CT molecular complexity index is 1010. The third-order valence-electron chi connectivity index (χ3n) is 4.08. The number of carbonyl (C=O) groups is 2. The number of nitrogens with one attached hydrogen (secondary N) is 2. The molecule has 0 fully saturated rings. The molecule has 0 radical (unpaired) electrons. The molecule has 0 spiro atoms. The number of aryl methyl sites for hydroxylation is 3. The molecule has 0 atom stereocenters. The second-order valence-electron chi connectivity index (χ2n) is 6.42. The summed E-state index contributed by atoms with van der Waals surface area (Å²) in [4.78, 5) is 28.8. The average Bonchev–Trinajstić information content (AvgIpc) is 2.64. The minimum absolute atomic E-state index is 0.197. The largest absolute Gasteiger partial charge is 0.484 e. The first kappa shape index (κ1) is 18.4. The zero-order valence-electron chi connectivity index (χ0n) is 15.5. The van der Waals surface area contributed by atoms with E-state index in [-0.39, 0.29) is 6.61 Å². The highest BCUT2D eigenvalue weighted by Gasteiger charge is 2.13. The summed E-state index contributed by atoms with van der Waals surface area (Å²) in [5.74, 6) is -0.277. The number of rotatable bonds is 4. The summed E-state index contributed by atoms with van der Waals surface area (Å²) in [6.07, 6.45) is 0. The quantitative estimate of drug-likeness (QED) is 0.699. The molecule has 2 amide bonds. The zero-order chi connectivity index (χ0) is 19.4. The van der Waals surface area contributed by atoms with E-state index in [9.17, 15) is 9.59 Å². The van der Waals surface area contributed by atoms with Crippen LogP contribution in [0.3, 0.4) is 0 Å². The standard InChI is InChI=1S/C21H21N3O3/c1-13-5-4-6-17(10-13)27-12-20(25)23-24-21(26)18-11-16-9-14(2)7-8-19(16)22-15(18)3/h4-11H,12H2,1-3H3,(H,23,25)(H,24,26). The van der Waals surface area contributed by atoms with Crippen LogP contribution in [0.15, 0.2) is 48.5 Å². The number of pyridine rings is 1. The Labute approximate surface area is 157 Å². The molecule has 0 aliphatic carbocycles. The van der Waals surface area contributed by atoms with Crippen molar-refractivity contribution in [2.45, 2.75) is 20.8 Å². The van der Waals surface area contributed by atoms with Crippen molar-refractivity contribution < 1.29 is 14.3 Å². The van der Waals surface area contributed by atoms with Crippen LogP contribution in [-0.2, 0) is 4.79 Å². The highest BCUT2D eigenvalue weighted by molar-refractivity contribution is 5.99. The van der Waals surface area contributed by atoms with Gasteiger partial charge in [0.1, 0.15) is 5.75 Å². The minimum atomic E-state index is -0.452. The molecule has 2 aromatic carbocycles. The van der Waals surface area contributed by atoms with Crippen LogP contribution in [0, 0.1) is 20.8 Å². The van der Waals surface area contributed by atoms with E-state index >= 15 is 0 Å². The summed E-state index contributed by atoms with van der Waals surface area (Å²) in [7, 11) is 0. The smallest absolute Gasteiger partial charge is 0.276 e. The molecule has 0 bridgehead atoms. The Morgan fingerprint density at radius 2 is 1.74 bits per heavy atom. The Morgan fingerprint density at radius 1 is 0.963 bits per heavy atom. The molecule has 2 N–H and O–H groups in total. The van der Waals surface area contributed by atoms with Crippen molar-refractivity contribution in [1.82, 2.24) is 15.8 Å². The normalized spacial score (nSPS) is 10.5. The van der Waals surface area contributed by atoms with Crippen molar-refractivity contribution in [3.8, 4) is 5.75 Å². The number of hydrogen-bond acceptors (Lipinski definition) is 4. The second-order valence-corrected chi connectivity index (χ2v) is 6.42. The molecular formula is C21H21N3O3. The Hall–Kier alpha value is -3.41. The van der Waals surface area contributed by atoms with Gasteiger partial charge in [-0.25, -0.2) is 0 Å². The number of hydrazine groups is 1. The molecule has 0 saturated heterocycles. The van der Waals surface area contributed by atoms with Crippen LogP contribution in [0.25, 0.3) is 10.9 Å². The summed E-state index contributed by atoms with van der Waals surface area (Å²) < 4.78 is 5.41. The summed E-state index contributed by atoms with van der Waals surface area (Å²) in [5, 5.41) is 0.875. The monoisotopic (exact) mass is 363 g/mol. The maximum atomic E-state index is 12.4. The van der Waals surface area contributed by atoms with Gasteiger partial charge in [0.05, 0.1) is 16.8 Å². The van der Waals surface area contributed by atoms with Crippen molar-refractivity contribution in [1.29, 1.82) is 0 Å². The van der Waals surface area contributed by atoms with Crippen LogP contribution in [0.1, 0.15) is 27.2 Å². The number of hydrogen-bond donors (Lipinski definition) is 2. The van der Waals surface area contributed by atoms with Gasteiger partial charge in [-0.05, 0) is 56.7 Å². The van der Waals surface area contributed by atoms with Gasteiger partial charge in [-0.3, -0.25) is 25.4 Å². The third-order valence-corrected chi connectivity index (χ3v) is 4.08. The van der Waals surface area contributed by atoms with E-state index in [4.69, 9.17) is 4.74 Å². The fraction of sp³-hybridized carbons (Fsp3) is 0.190. The van der Waals surface area contributed by atoms with E-state index < -0.39 is 11.8 Å². The van der Waals surface area contributed by atoms with Crippen molar-refractivity contribution in [3.63, 3.8) is 0 Å². The van der Waals surface area contributed by atoms with Crippen molar-refractivity contribution in [2.24, 2.45) is 0 Å². The molecule has 0 unspecified atom stereocenters. The number of nitrogens with zero attached hydrogens (tertiary/aromatic N) is 1. The summed E-state index contributed by atoms with van der Waals surface area (Å²) in [6, 6.07) is 15.0. The number of fused-ring (bicyclic) bond motifs is 1. The Balaban J connectivity index is 1.61. The van der Waals surface area contributed by atoms with Crippen LogP contribution < -0.4 is 15.6 Å². The van der Waals surface area contributed by atoms with Gasteiger partial charge in [-0.2, -0.15) is 0 Å². The fourth-order valence-corrected chi connectivity index (χ4v) is 2.71. The van der Waals surface area contributed by atoms with Gasteiger partial charge in [-0.15, -0.1) is 0 Å². The number of ether oxygens (including phenoxy) is 1. The van der Waals surface area contributed by atoms with E-state index in [1.807, 2.05) is 50.2 Å². The van der Waals surface area contributed by atoms with Gasteiger partial charge in [0, 0.05) is 5.39 Å². The third kappa shape index (κ3) is 4.61. The van der Waals surface area contributed by atoms with Crippen LogP contribution in [0.5, 0.6) is 5.75 Å². The Kier molecular flexibility index (Phi) is 5.35. The first-order valence-electron chi connectivity index (χ1n) is 8.59. The van der Waals surface area contributed by atoms with Crippen molar-refractivity contribution in [3.05, 3.63) is 70.9 Å². The maximum Gasteiger partial charge on any atom is 0.276 e. The molecule has 138 valence electrons. The molecule has 3 aromatic rings. The summed E-state index contributed by atoms with van der Waals surface area (Å²) in [6.45, 7) is 5.48. The predicted octanol–water partition coefficient (Wildman–Crippen LogP) is 3.00. The predicted molar refractivity (Wildman–Crippen MR) is 103 cm³/mol. The highest BCUT2D eigenvalue weighted by atomic mass is 16.5. The first-order valence-corrected chi connectivity index (χ1v) is 8.59. The lowest BCUT2D eigenvalue weighted by Gasteiger charge is -2.11. The highest BCUT2D eigenvalue weighted by Crippen LogP contribution is 2.18. The summed E-state index contributed by atoms with van der Waals surface area (Å²) >= 11 is 0. The summed E-state index contributed by atoms with van der Waals surface area (Å²) in [5.41, 5.74) is 8.72. The number of amides is 2. The molecule has 0 saturated carbocycles. The molecule has 1 aromatic heterocycles. The number of carbonyl (C=O) groups excluding carboxylic acids is 2. The SMILES string of the molecule is Cc1cccc(OCC(=O)NNC(=O)c2cc3cc(C)ccc3nc2C)c1. The van der Waals surface area contributed by atoms with Crippen molar-refractivity contribution in [2.75, 3.05) is 6.61 Å². The molecule has 0 aliphatic heterocycles. The molecule has 0 aliphatic rings. The minimum Gasteiger partial charge on any atom is -0.484 e. The maximum absolute atomic E-state index is 12.4. The van der Waals surface area contributed by atoms with Crippen LogP contribution in [-0.4, -0.2) is 23.4 Å². The zero-order valence-corrected chi connectivity index (χ0v) is 15.5. The van der Waals surface area contributed by atoms with E-state index in [0.717, 1.165) is 22.0 Å². The van der Waals surface area contributed by atoms with Gasteiger partial charge in [-0.1, -0.05) is 23.8 Å². The molecule has 6 heteroatoms. The lowest BCUT2D eigenvalue weighted by atomic mass is 10.1. The second kappa shape index (κ2) is 7.86. The lowest BCUT2D eigenvalue weighted by molar-refractivity contribution is -0.123. The van der Waals surface area contributed by atoms with Crippen LogP contribution in [0.4, 0.5) is 0 Å². The van der Waals surface area contributed by atoms with Gasteiger partial charge >= 0.3 is 0 Å². The van der Waals surface area contributed by atoms with Gasteiger partial charge in [0.15, 0.2) is 6.61 Å². The topological polar surface area (TPSA) is 80.3 Å². The molecule has 3 rings (SSSR count). The van der Waals surface area contributed by atoms with Gasteiger partial charge in [0.25, 0.3) is 11.8 Å². The lowest BCUT2D eigenvalue weighted by Crippen LogP contribution is -2.44. The van der Waals surface area contributed by atoms with E-state index in [1.54, 1.807) is 19.1 Å². The number of aromatic nitrogens is 1. The van der Waals surface area contributed by atoms with E-state index in [1.165, 1.54) is 0 Å². The first-order chi connectivity index (χ1) is 12.9. The molecular weight excluding hydrogens is 342 g/mol.